The molecule has 0 rings (SSSR count). The van der Waals surface area contributed by atoms with Crippen LogP contribution in [0.5, 0.6) is 0 Å². The Labute approximate surface area is 90.3 Å². The van der Waals surface area contributed by atoms with Gasteiger partial charge in [-0.25, -0.2) is 0 Å². The van der Waals surface area contributed by atoms with Gasteiger partial charge in [0.2, 0.25) is 0 Å². The number of methoxy groups -OCH3 is 1. The quantitative estimate of drug-likeness (QED) is 0.378. The Morgan fingerprint density at radius 2 is 2.43 bits per heavy atom. The van der Waals surface area contributed by atoms with Gasteiger partial charge in [0.05, 0.1) is 13.0 Å². The van der Waals surface area contributed by atoms with Crippen LogP contribution < -0.4 is 5.32 Å². The van der Waals surface area contributed by atoms with E-state index in [2.05, 4.69) is 16.6 Å². The van der Waals surface area contributed by atoms with Crippen LogP contribution in [-0.4, -0.2) is 37.7 Å². The molecule has 0 radical (unpaired) electrons. The summed E-state index contributed by atoms with van der Waals surface area (Å²) in [6.07, 6.45) is 1.89. The average Bonchev–Trinajstić information content (AvgIpc) is 2.21. The predicted molar refractivity (Wildman–Crippen MR) is 61.6 cm³/mol. The second-order valence-electron chi connectivity index (χ2n) is 2.99. The molecule has 4 heteroatoms. The van der Waals surface area contributed by atoms with Crippen molar-refractivity contribution in [3.63, 3.8) is 0 Å². The maximum Gasteiger partial charge on any atom is 0.309 e. The van der Waals surface area contributed by atoms with Crippen LogP contribution >= 0.6 is 11.8 Å². The molecule has 0 aliphatic carbocycles. The predicted octanol–water partition coefficient (Wildman–Crippen LogP) is 1.30. The van der Waals surface area contributed by atoms with Gasteiger partial charge in [-0.05, 0) is 0 Å². The van der Waals surface area contributed by atoms with Crippen molar-refractivity contribution >= 4 is 17.7 Å². The van der Waals surface area contributed by atoms with Gasteiger partial charge >= 0.3 is 5.97 Å². The molecule has 0 saturated carbocycles. The monoisotopic (exact) mass is 217 g/mol. The van der Waals surface area contributed by atoms with Gasteiger partial charge in [0.15, 0.2) is 0 Å². The minimum atomic E-state index is -0.156. The molecule has 3 nitrogen and oxygen atoms in total. The maximum atomic E-state index is 11.0. The summed E-state index contributed by atoms with van der Waals surface area (Å²) in [6.45, 7) is 7.09. The van der Waals surface area contributed by atoms with E-state index >= 15 is 0 Å². The zero-order chi connectivity index (χ0) is 10.8. The van der Waals surface area contributed by atoms with E-state index in [-0.39, 0.29) is 11.9 Å². The molecule has 0 aliphatic heterocycles. The van der Waals surface area contributed by atoms with E-state index < -0.39 is 0 Å². The SMILES string of the molecule is C=CCSCCNCC(C)C(=O)OC. The van der Waals surface area contributed by atoms with E-state index in [1.54, 1.807) is 0 Å². The molecular weight excluding hydrogens is 198 g/mol. The number of hydrogen-bond acceptors (Lipinski definition) is 4. The number of carbonyl (C=O) groups is 1. The van der Waals surface area contributed by atoms with Crippen LogP contribution in [0.2, 0.25) is 0 Å². The van der Waals surface area contributed by atoms with Crippen LogP contribution in [0.3, 0.4) is 0 Å². The Bertz CT molecular complexity index is 174. The van der Waals surface area contributed by atoms with Gasteiger partial charge in [-0.1, -0.05) is 13.0 Å². The van der Waals surface area contributed by atoms with Crippen LogP contribution in [0.1, 0.15) is 6.92 Å². The summed E-state index contributed by atoms with van der Waals surface area (Å²) in [7, 11) is 1.42. The lowest BCUT2D eigenvalue weighted by Crippen LogP contribution is -2.28. The van der Waals surface area contributed by atoms with Crippen molar-refractivity contribution in [3.8, 4) is 0 Å². The van der Waals surface area contributed by atoms with Crippen LogP contribution in [0.25, 0.3) is 0 Å². The lowest BCUT2D eigenvalue weighted by Gasteiger charge is -2.09. The minimum Gasteiger partial charge on any atom is -0.469 e. The summed E-state index contributed by atoms with van der Waals surface area (Å²) < 4.78 is 4.61. The Kier molecular flexibility index (Phi) is 8.78. The van der Waals surface area contributed by atoms with Crippen LogP contribution in [0, 0.1) is 5.92 Å². The Morgan fingerprint density at radius 1 is 1.71 bits per heavy atom. The molecule has 0 heterocycles. The van der Waals surface area contributed by atoms with Gasteiger partial charge in [-0.15, -0.1) is 6.58 Å². The number of rotatable bonds is 8. The first-order valence-corrected chi connectivity index (χ1v) is 5.85. The van der Waals surface area contributed by atoms with Gasteiger partial charge in [-0.3, -0.25) is 4.79 Å². The van der Waals surface area contributed by atoms with Gasteiger partial charge in [-0.2, -0.15) is 11.8 Å². The summed E-state index contributed by atoms with van der Waals surface area (Å²) in [5.74, 6) is 1.80. The molecule has 0 saturated heterocycles. The summed E-state index contributed by atoms with van der Waals surface area (Å²) >= 11 is 1.82. The lowest BCUT2D eigenvalue weighted by molar-refractivity contribution is -0.144. The van der Waals surface area contributed by atoms with E-state index in [1.807, 2.05) is 24.8 Å². The second kappa shape index (κ2) is 9.09. The highest BCUT2D eigenvalue weighted by atomic mass is 32.2. The average molecular weight is 217 g/mol. The molecule has 1 unspecified atom stereocenters. The van der Waals surface area contributed by atoms with E-state index in [9.17, 15) is 4.79 Å². The van der Waals surface area contributed by atoms with E-state index in [4.69, 9.17) is 0 Å². The number of thioether (sulfide) groups is 1. The van der Waals surface area contributed by atoms with Crippen molar-refractivity contribution in [2.75, 3.05) is 31.7 Å². The van der Waals surface area contributed by atoms with Crippen molar-refractivity contribution in [2.24, 2.45) is 5.92 Å². The summed E-state index contributed by atoms with van der Waals surface area (Å²) in [5.41, 5.74) is 0. The molecular formula is C10H19NO2S. The highest BCUT2D eigenvalue weighted by Gasteiger charge is 2.11. The highest BCUT2D eigenvalue weighted by Crippen LogP contribution is 1.98. The van der Waals surface area contributed by atoms with Crippen LogP contribution in [0.15, 0.2) is 12.7 Å². The molecule has 0 aromatic carbocycles. The summed E-state index contributed by atoms with van der Waals surface area (Å²) in [6, 6.07) is 0. The van der Waals surface area contributed by atoms with Crippen molar-refractivity contribution in [1.82, 2.24) is 5.32 Å². The Hall–Kier alpha value is -0.480. The van der Waals surface area contributed by atoms with Gasteiger partial charge in [0.25, 0.3) is 0 Å². The smallest absolute Gasteiger partial charge is 0.309 e. The van der Waals surface area contributed by atoms with E-state index in [0.717, 1.165) is 18.1 Å². The number of hydrogen-bond donors (Lipinski definition) is 1. The van der Waals surface area contributed by atoms with Crippen LogP contribution in [-0.2, 0) is 9.53 Å². The second-order valence-corrected chi connectivity index (χ2v) is 4.14. The number of nitrogens with one attached hydrogen (secondary N) is 1. The first-order valence-electron chi connectivity index (χ1n) is 4.69. The molecule has 0 fully saturated rings. The van der Waals surface area contributed by atoms with Crippen LogP contribution in [0.4, 0.5) is 0 Å². The summed E-state index contributed by atoms with van der Waals surface area (Å²) in [4.78, 5) is 11.0. The molecule has 0 aliphatic rings. The molecule has 1 atom stereocenters. The molecule has 0 aromatic heterocycles. The standard InChI is InChI=1S/C10H19NO2S/c1-4-6-14-7-5-11-8-9(2)10(12)13-3/h4,9,11H,1,5-8H2,2-3H3. The molecule has 0 bridgehead atoms. The van der Waals surface area contributed by atoms with Crippen molar-refractivity contribution < 1.29 is 9.53 Å². The number of carbonyl (C=O) groups excluding carboxylic acids is 1. The molecule has 82 valence electrons. The Balaban J connectivity index is 3.27. The fourth-order valence-corrected chi connectivity index (χ4v) is 1.54. The molecule has 0 spiro atoms. The third-order valence-electron chi connectivity index (χ3n) is 1.71. The van der Waals surface area contributed by atoms with E-state index in [1.165, 1.54) is 7.11 Å². The lowest BCUT2D eigenvalue weighted by atomic mass is 10.2. The molecule has 0 amide bonds. The molecule has 1 N–H and O–H groups in total. The van der Waals surface area contributed by atoms with Gasteiger partial charge < -0.3 is 10.1 Å². The number of ether oxygens (including phenoxy) is 1. The van der Waals surface area contributed by atoms with E-state index in [0.29, 0.717) is 6.54 Å². The Morgan fingerprint density at radius 3 is 3.00 bits per heavy atom. The zero-order valence-corrected chi connectivity index (χ0v) is 9.73. The zero-order valence-electron chi connectivity index (χ0n) is 8.91. The first-order chi connectivity index (χ1) is 6.72. The summed E-state index contributed by atoms with van der Waals surface area (Å²) in [5, 5.41) is 3.20. The first kappa shape index (κ1) is 13.5. The number of esters is 1. The van der Waals surface area contributed by atoms with Gasteiger partial charge in [0.1, 0.15) is 0 Å². The normalized spacial score (nSPS) is 12.1. The fourth-order valence-electron chi connectivity index (χ4n) is 0.914. The molecule has 0 aromatic rings. The molecule has 14 heavy (non-hydrogen) atoms. The third-order valence-corrected chi connectivity index (χ3v) is 2.68. The third kappa shape index (κ3) is 6.97. The largest absolute Gasteiger partial charge is 0.469 e. The highest BCUT2D eigenvalue weighted by molar-refractivity contribution is 7.99. The van der Waals surface area contributed by atoms with Crippen molar-refractivity contribution in [2.45, 2.75) is 6.92 Å². The maximum absolute atomic E-state index is 11.0. The minimum absolute atomic E-state index is 0.0654. The topological polar surface area (TPSA) is 38.3 Å². The van der Waals surface area contributed by atoms with Crippen molar-refractivity contribution in [1.29, 1.82) is 0 Å². The van der Waals surface area contributed by atoms with Gasteiger partial charge in [0, 0.05) is 24.6 Å². The van der Waals surface area contributed by atoms with Crippen molar-refractivity contribution in [3.05, 3.63) is 12.7 Å². The fraction of sp³-hybridized carbons (Fsp3) is 0.700.